The number of alkyl halides is 3. The lowest BCUT2D eigenvalue weighted by Gasteiger charge is -2.22. The van der Waals surface area contributed by atoms with E-state index in [4.69, 9.17) is 11.6 Å². The number of sulfonamides is 1. The molecule has 2 aromatic carbocycles. The fraction of sp³-hybridized carbons (Fsp3) is 0.143. The number of hydrogen-bond donors (Lipinski definition) is 1. The second-order valence-corrected chi connectivity index (χ2v) is 6.61. The summed E-state index contributed by atoms with van der Waals surface area (Å²) in [5.41, 5.74) is -0.187. The summed E-state index contributed by atoms with van der Waals surface area (Å²) < 4.78 is 65.4. The van der Waals surface area contributed by atoms with Gasteiger partial charge in [0.1, 0.15) is 6.04 Å². The number of hydrogen-bond acceptors (Lipinski definition) is 2. The molecule has 2 rings (SSSR count). The maximum Gasteiger partial charge on any atom is 0.408 e. The molecule has 22 heavy (non-hydrogen) atoms. The highest BCUT2D eigenvalue weighted by Gasteiger charge is 2.43. The Morgan fingerprint density at radius 3 is 2.00 bits per heavy atom. The average molecular weight is 350 g/mol. The normalized spacial score (nSPS) is 13.8. The first-order chi connectivity index (χ1) is 10.2. The number of benzene rings is 2. The summed E-state index contributed by atoms with van der Waals surface area (Å²) in [5.74, 6) is 0. The molecule has 0 radical (unpaired) electrons. The predicted molar refractivity (Wildman–Crippen MR) is 77.0 cm³/mol. The summed E-state index contributed by atoms with van der Waals surface area (Å²) in [5, 5.41) is 0.286. The van der Waals surface area contributed by atoms with Crippen LogP contribution in [-0.4, -0.2) is 14.6 Å². The van der Waals surface area contributed by atoms with E-state index in [2.05, 4.69) is 0 Å². The van der Waals surface area contributed by atoms with Gasteiger partial charge in [-0.15, -0.1) is 0 Å². The van der Waals surface area contributed by atoms with E-state index in [9.17, 15) is 21.6 Å². The van der Waals surface area contributed by atoms with Gasteiger partial charge in [-0.3, -0.25) is 0 Å². The molecular formula is C14H11ClF3NO2S. The molecule has 0 aliphatic heterocycles. The molecule has 3 nitrogen and oxygen atoms in total. The second kappa shape index (κ2) is 6.28. The van der Waals surface area contributed by atoms with Crippen molar-refractivity contribution < 1.29 is 21.6 Å². The topological polar surface area (TPSA) is 46.2 Å². The molecule has 0 saturated heterocycles. The van der Waals surface area contributed by atoms with Gasteiger partial charge < -0.3 is 0 Å². The van der Waals surface area contributed by atoms with E-state index in [0.717, 1.165) is 12.1 Å². The van der Waals surface area contributed by atoms with Crippen LogP contribution in [-0.2, 0) is 10.0 Å². The fourth-order valence-electron chi connectivity index (χ4n) is 1.81. The Balaban J connectivity index is 2.37. The van der Waals surface area contributed by atoms with Gasteiger partial charge in [-0.1, -0.05) is 41.9 Å². The van der Waals surface area contributed by atoms with Crippen molar-refractivity contribution >= 4 is 21.6 Å². The SMILES string of the molecule is O=S(=O)(NC(c1ccccc1)C(F)(F)F)c1ccc(Cl)cc1. The van der Waals surface area contributed by atoms with Crippen LogP contribution in [0.3, 0.4) is 0 Å². The van der Waals surface area contributed by atoms with Crippen molar-refractivity contribution in [1.82, 2.24) is 4.72 Å². The highest BCUT2D eigenvalue weighted by Crippen LogP contribution is 2.33. The van der Waals surface area contributed by atoms with Gasteiger partial charge in [-0.2, -0.15) is 17.9 Å². The molecule has 1 unspecified atom stereocenters. The standard InChI is InChI=1S/C14H11ClF3NO2S/c15-11-6-8-12(9-7-11)22(20,21)19-13(14(16,17)18)10-4-2-1-3-5-10/h1-9,13,19H. The summed E-state index contributed by atoms with van der Waals surface area (Å²) in [6.45, 7) is 0. The Morgan fingerprint density at radius 1 is 0.955 bits per heavy atom. The van der Waals surface area contributed by atoms with E-state index >= 15 is 0 Å². The minimum absolute atomic E-state index is 0.187. The van der Waals surface area contributed by atoms with Crippen molar-refractivity contribution in [2.45, 2.75) is 17.1 Å². The van der Waals surface area contributed by atoms with Gasteiger partial charge in [0.05, 0.1) is 4.90 Å². The van der Waals surface area contributed by atoms with Crippen LogP contribution in [0.4, 0.5) is 13.2 Å². The van der Waals surface area contributed by atoms with Gasteiger partial charge in [0.25, 0.3) is 0 Å². The lowest BCUT2D eigenvalue weighted by atomic mass is 10.1. The minimum Gasteiger partial charge on any atom is -0.207 e. The fourth-order valence-corrected chi connectivity index (χ4v) is 3.14. The summed E-state index contributed by atoms with van der Waals surface area (Å²) in [4.78, 5) is -0.290. The van der Waals surface area contributed by atoms with Crippen LogP contribution in [0.25, 0.3) is 0 Å². The third-order valence-electron chi connectivity index (χ3n) is 2.86. The Kier molecular flexibility index (Phi) is 4.79. The van der Waals surface area contributed by atoms with Crippen molar-refractivity contribution in [1.29, 1.82) is 0 Å². The first-order valence-corrected chi connectivity index (χ1v) is 7.96. The van der Waals surface area contributed by atoms with Gasteiger partial charge in [-0.05, 0) is 29.8 Å². The average Bonchev–Trinajstić information content (AvgIpc) is 2.45. The van der Waals surface area contributed by atoms with Gasteiger partial charge in [0.2, 0.25) is 10.0 Å². The molecule has 1 atom stereocenters. The highest BCUT2D eigenvalue weighted by atomic mass is 35.5. The number of rotatable bonds is 4. The second-order valence-electron chi connectivity index (χ2n) is 4.46. The molecule has 0 bridgehead atoms. The van der Waals surface area contributed by atoms with Crippen LogP contribution >= 0.6 is 11.6 Å². The van der Waals surface area contributed by atoms with Crippen molar-refractivity contribution in [3.8, 4) is 0 Å². The van der Waals surface area contributed by atoms with E-state index in [0.29, 0.717) is 0 Å². The van der Waals surface area contributed by atoms with Crippen molar-refractivity contribution in [2.75, 3.05) is 0 Å². The Morgan fingerprint density at radius 2 is 1.50 bits per heavy atom. The largest absolute Gasteiger partial charge is 0.408 e. The smallest absolute Gasteiger partial charge is 0.207 e. The molecule has 118 valence electrons. The first kappa shape index (κ1) is 16.8. The molecule has 0 spiro atoms. The molecular weight excluding hydrogens is 339 g/mol. The van der Waals surface area contributed by atoms with E-state index in [-0.39, 0.29) is 15.5 Å². The lowest BCUT2D eigenvalue weighted by Crippen LogP contribution is -2.38. The summed E-state index contributed by atoms with van der Waals surface area (Å²) >= 11 is 5.64. The molecule has 1 N–H and O–H groups in total. The van der Waals surface area contributed by atoms with Crippen LogP contribution < -0.4 is 4.72 Å². The molecule has 0 aliphatic rings. The van der Waals surface area contributed by atoms with Gasteiger partial charge in [0, 0.05) is 5.02 Å². The van der Waals surface area contributed by atoms with Crippen LogP contribution in [0.15, 0.2) is 59.5 Å². The van der Waals surface area contributed by atoms with E-state index in [1.165, 1.54) is 36.4 Å². The van der Waals surface area contributed by atoms with Crippen molar-refractivity contribution in [3.05, 3.63) is 65.2 Å². The lowest BCUT2D eigenvalue weighted by molar-refractivity contribution is -0.153. The highest BCUT2D eigenvalue weighted by molar-refractivity contribution is 7.89. The number of nitrogens with one attached hydrogen (secondary N) is 1. The molecule has 0 aromatic heterocycles. The summed E-state index contributed by atoms with van der Waals surface area (Å²) in [6.07, 6.45) is -4.76. The minimum atomic E-state index is -4.76. The molecule has 0 fully saturated rings. The Hall–Kier alpha value is -1.57. The van der Waals surface area contributed by atoms with Crippen LogP contribution in [0.2, 0.25) is 5.02 Å². The monoisotopic (exact) mass is 349 g/mol. The van der Waals surface area contributed by atoms with Crippen LogP contribution in [0, 0.1) is 0 Å². The third kappa shape index (κ3) is 4.00. The first-order valence-electron chi connectivity index (χ1n) is 6.10. The quantitative estimate of drug-likeness (QED) is 0.909. The van der Waals surface area contributed by atoms with Gasteiger partial charge in [-0.25, -0.2) is 8.42 Å². The molecule has 0 aliphatic carbocycles. The molecule has 0 saturated carbocycles. The third-order valence-corrected chi connectivity index (χ3v) is 4.55. The zero-order valence-electron chi connectivity index (χ0n) is 11.0. The van der Waals surface area contributed by atoms with E-state index in [1.807, 2.05) is 0 Å². The molecule has 2 aromatic rings. The maximum atomic E-state index is 13.2. The molecule has 0 heterocycles. The summed E-state index contributed by atoms with van der Waals surface area (Å²) in [7, 11) is -4.34. The van der Waals surface area contributed by atoms with Gasteiger partial charge in [0.15, 0.2) is 0 Å². The molecule has 8 heteroatoms. The Bertz CT molecular complexity index is 731. The summed E-state index contributed by atoms with van der Waals surface area (Å²) in [6, 6.07) is 9.33. The van der Waals surface area contributed by atoms with Crippen LogP contribution in [0.1, 0.15) is 11.6 Å². The Labute approximate surface area is 130 Å². The number of halogens is 4. The zero-order chi connectivity index (χ0) is 16.4. The van der Waals surface area contributed by atoms with Crippen LogP contribution in [0.5, 0.6) is 0 Å². The predicted octanol–water partition coefficient (Wildman–Crippen LogP) is 3.92. The van der Waals surface area contributed by atoms with E-state index < -0.39 is 22.2 Å². The molecule has 0 amide bonds. The van der Waals surface area contributed by atoms with Crippen molar-refractivity contribution in [2.24, 2.45) is 0 Å². The zero-order valence-corrected chi connectivity index (χ0v) is 12.6. The van der Waals surface area contributed by atoms with Crippen molar-refractivity contribution in [3.63, 3.8) is 0 Å². The van der Waals surface area contributed by atoms with Gasteiger partial charge >= 0.3 is 6.18 Å². The van der Waals surface area contributed by atoms with E-state index in [1.54, 1.807) is 10.8 Å². The maximum absolute atomic E-state index is 13.2.